The third-order valence-electron chi connectivity index (χ3n) is 4.63. The van der Waals surface area contributed by atoms with Crippen molar-refractivity contribution in [2.75, 3.05) is 6.54 Å². The largest absolute Gasteiger partial charge is 0.314 e. The van der Waals surface area contributed by atoms with Crippen LogP contribution in [-0.4, -0.2) is 17.6 Å². The van der Waals surface area contributed by atoms with Crippen LogP contribution in [-0.2, 0) is 6.42 Å². The Morgan fingerprint density at radius 1 is 1.25 bits per heavy atom. The Labute approximate surface area is 121 Å². The van der Waals surface area contributed by atoms with Gasteiger partial charge in [0.25, 0.3) is 0 Å². The number of para-hydroxylation sites is 1. The van der Waals surface area contributed by atoms with Gasteiger partial charge in [0.2, 0.25) is 0 Å². The molecule has 1 N–H and O–H groups in total. The molecule has 3 rings (SSSR count). The second-order valence-electron chi connectivity index (χ2n) is 6.66. The predicted molar refractivity (Wildman–Crippen MR) is 84.8 cm³/mol. The van der Waals surface area contributed by atoms with E-state index in [0.717, 1.165) is 24.4 Å². The van der Waals surface area contributed by atoms with Gasteiger partial charge < -0.3 is 5.32 Å². The standard InChI is InChI=1S/C18H24N2/c1-4-19-17(15-12-18(15,2)3)11-14-10-9-13-7-5-6-8-16(13)20-14/h5-10,15,17,19H,4,11-12H2,1-3H3. The van der Waals surface area contributed by atoms with Gasteiger partial charge in [0.15, 0.2) is 0 Å². The van der Waals surface area contributed by atoms with Crippen LogP contribution in [0.1, 0.15) is 32.9 Å². The Morgan fingerprint density at radius 2 is 2.00 bits per heavy atom. The second kappa shape index (κ2) is 5.17. The summed E-state index contributed by atoms with van der Waals surface area (Å²) in [7, 11) is 0. The topological polar surface area (TPSA) is 24.9 Å². The third-order valence-corrected chi connectivity index (χ3v) is 4.63. The first-order valence-electron chi connectivity index (χ1n) is 7.68. The second-order valence-corrected chi connectivity index (χ2v) is 6.66. The first-order chi connectivity index (χ1) is 9.60. The average molecular weight is 268 g/mol. The quantitative estimate of drug-likeness (QED) is 0.892. The van der Waals surface area contributed by atoms with Crippen LogP contribution in [0.25, 0.3) is 10.9 Å². The summed E-state index contributed by atoms with van der Waals surface area (Å²) >= 11 is 0. The Balaban J connectivity index is 1.79. The van der Waals surface area contributed by atoms with Crippen molar-refractivity contribution in [3.63, 3.8) is 0 Å². The summed E-state index contributed by atoms with van der Waals surface area (Å²) in [4.78, 5) is 4.82. The van der Waals surface area contributed by atoms with Gasteiger partial charge in [-0.05, 0) is 36.4 Å². The molecule has 2 atom stereocenters. The highest BCUT2D eigenvalue weighted by Crippen LogP contribution is 2.53. The normalized spacial score (nSPS) is 21.9. The van der Waals surface area contributed by atoms with E-state index in [4.69, 9.17) is 4.98 Å². The molecule has 0 bridgehead atoms. The zero-order chi connectivity index (χ0) is 14.2. The third kappa shape index (κ3) is 2.71. The van der Waals surface area contributed by atoms with Crippen LogP contribution in [0.4, 0.5) is 0 Å². The van der Waals surface area contributed by atoms with Gasteiger partial charge in [-0.1, -0.05) is 45.0 Å². The number of benzene rings is 1. The predicted octanol–water partition coefficient (Wildman–Crippen LogP) is 3.80. The van der Waals surface area contributed by atoms with Gasteiger partial charge in [-0.3, -0.25) is 4.98 Å². The Bertz CT molecular complexity index is 603. The first-order valence-corrected chi connectivity index (χ1v) is 7.68. The Morgan fingerprint density at radius 3 is 2.70 bits per heavy atom. The van der Waals surface area contributed by atoms with Gasteiger partial charge in [-0.2, -0.15) is 0 Å². The molecule has 2 unspecified atom stereocenters. The molecule has 1 saturated carbocycles. The monoisotopic (exact) mass is 268 g/mol. The maximum absolute atomic E-state index is 4.82. The number of nitrogens with zero attached hydrogens (tertiary/aromatic N) is 1. The summed E-state index contributed by atoms with van der Waals surface area (Å²) in [5.41, 5.74) is 2.82. The molecule has 2 nitrogen and oxygen atoms in total. The van der Waals surface area contributed by atoms with E-state index < -0.39 is 0 Å². The summed E-state index contributed by atoms with van der Waals surface area (Å²) in [5.74, 6) is 0.788. The van der Waals surface area contributed by atoms with E-state index in [9.17, 15) is 0 Å². The Hall–Kier alpha value is -1.41. The van der Waals surface area contributed by atoms with E-state index in [1.165, 1.54) is 17.5 Å². The molecule has 20 heavy (non-hydrogen) atoms. The van der Waals surface area contributed by atoms with Crippen LogP contribution in [0.2, 0.25) is 0 Å². The summed E-state index contributed by atoms with van der Waals surface area (Å²) < 4.78 is 0. The fraction of sp³-hybridized carbons (Fsp3) is 0.500. The fourth-order valence-corrected chi connectivity index (χ4v) is 3.26. The number of aromatic nitrogens is 1. The lowest BCUT2D eigenvalue weighted by molar-refractivity contribution is 0.407. The van der Waals surface area contributed by atoms with Crippen molar-refractivity contribution in [3.8, 4) is 0 Å². The van der Waals surface area contributed by atoms with Gasteiger partial charge in [-0.15, -0.1) is 0 Å². The number of hydrogen-bond donors (Lipinski definition) is 1. The molecule has 0 saturated heterocycles. The molecular formula is C18H24N2. The summed E-state index contributed by atoms with van der Waals surface area (Å²) in [6, 6.07) is 13.3. The van der Waals surface area contributed by atoms with E-state index in [-0.39, 0.29) is 0 Å². The van der Waals surface area contributed by atoms with E-state index in [1.807, 2.05) is 0 Å². The van der Waals surface area contributed by atoms with Crippen LogP contribution in [0.5, 0.6) is 0 Å². The van der Waals surface area contributed by atoms with Gasteiger partial charge in [0.05, 0.1) is 5.52 Å². The molecule has 1 aromatic carbocycles. The highest BCUT2D eigenvalue weighted by Gasteiger charge is 2.49. The maximum Gasteiger partial charge on any atom is 0.0705 e. The van der Waals surface area contributed by atoms with Crippen LogP contribution in [0.15, 0.2) is 36.4 Å². The number of fused-ring (bicyclic) bond motifs is 1. The van der Waals surface area contributed by atoms with Gasteiger partial charge in [0.1, 0.15) is 0 Å². The van der Waals surface area contributed by atoms with Crippen molar-refractivity contribution < 1.29 is 0 Å². The zero-order valence-corrected chi connectivity index (χ0v) is 12.7. The van der Waals surface area contributed by atoms with Crippen molar-refractivity contribution >= 4 is 10.9 Å². The van der Waals surface area contributed by atoms with Crippen LogP contribution in [0, 0.1) is 11.3 Å². The highest BCUT2D eigenvalue weighted by atomic mass is 14.9. The van der Waals surface area contributed by atoms with E-state index in [2.05, 4.69) is 62.5 Å². The lowest BCUT2D eigenvalue weighted by atomic mass is 9.99. The zero-order valence-electron chi connectivity index (χ0n) is 12.7. The molecule has 0 spiro atoms. The van der Waals surface area contributed by atoms with Crippen molar-refractivity contribution in [1.82, 2.24) is 10.3 Å². The first kappa shape index (κ1) is 13.6. The van der Waals surface area contributed by atoms with Crippen LogP contribution in [0.3, 0.4) is 0 Å². The van der Waals surface area contributed by atoms with E-state index in [1.54, 1.807) is 0 Å². The molecule has 2 heteroatoms. The summed E-state index contributed by atoms with van der Waals surface area (Å²) in [6.45, 7) is 7.96. The van der Waals surface area contributed by atoms with Crippen LogP contribution < -0.4 is 5.32 Å². The van der Waals surface area contributed by atoms with Gasteiger partial charge in [-0.25, -0.2) is 0 Å². The number of likely N-dealkylation sites (N-methyl/N-ethyl adjacent to an activating group) is 1. The smallest absolute Gasteiger partial charge is 0.0705 e. The van der Waals surface area contributed by atoms with Crippen molar-refractivity contribution in [2.24, 2.45) is 11.3 Å². The molecule has 1 aliphatic carbocycles. The van der Waals surface area contributed by atoms with E-state index >= 15 is 0 Å². The fourth-order valence-electron chi connectivity index (χ4n) is 3.26. The number of pyridine rings is 1. The average Bonchev–Trinajstić information content (AvgIpc) is 3.07. The molecule has 0 radical (unpaired) electrons. The Kier molecular flexibility index (Phi) is 3.51. The summed E-state index contributed by atoms with van der Waals surface area (Å²) in [5, 5.41) is 4.88. The molecule has 1 fully saturated rings. The van der Waals surface area contributed by atoms with Crippen LogP contribution >= 0.6 is 0 Å². The van der Waals surface area contributed by atoms with Crippen molar-refractivity contribution in [2.45, 2.75) is 39.7 Å². The molecular weight excluding hydrogens is 244 g/mol. The highest BCUT2D eigenvalue weighted by molar-refractivity contribution is 5.78. The van der Waals surface area contributed by atoms with Gasteiger partial charge >= 0.3 is 0 Å². The molecule has 2 aromatic rings. The molecule has 0 aliphatic heterocycles. The minimum atomic E-state index is 0.504. The van der Waals surface area contributed by atoms with Crippen molar-refractivity contribution in [3.05, 3.63) is 42.1 Å². The maximum atomic E-state index is 4.82. The molecule has 1 aliphatic rings. The lowest BCUT2D eigenvalue weighted by Crippen LogP contribution is -2.34. The number of nitrogens with one attached hydrogen (secondary N) is 1. The molecule has 1 aromatic heterocycles. The lowest BCUT2D eigenvalue weighted by Gasteiger charge is -2.19. The number of hydrogen-bond acceptors (Lipinski definition) is 2. The van der Waals surface area contributed by atoms with E-state index in [0.29, 0.717) is 11.5 Å². The SMILES string of the molecule is CCNC(Cc1ccc2ccccc2n1)C1CC1(C)C. The van der Waals surface area contributed by atoms with Crippen molar-refractivity contribution in [1.29, 1.82) is 0 Å². The number of rotatable bonds is 5. The molecule has 1 heterocycles. The molecule has 0 amide bonds. The minimum Gasteiger partial charge on any atom is -0.314 e. The molecule has 106 valence electrons. The summed E-state index contributed by atoms with van der Waals surface area (Å²) in [6.07, 6.45) is 2.37. The van der Waals surface area contributed by atoms with Gasteiger partial charge in [0, 0.05) is 23.5 Å². The minimum absolute atomic E-state index is 0.504.